The summed E-state index contributed by atoms with van der Waals surface area (Å²) in [5.41, 5.74) is -1.21. The Balaban J connectivity index is 2.12. The van der Waals surface area contributed by atoms with Crippen LogP contribution in [0.3, 0.4) is 0 Å². The summed E-state index contributed by atoms with van der Waals surface area (Å²) >= 11 is 0. The van der Waals surface area contributed by atoms with Crippen LogP contribution in [0.5, 0.6) is 0 Å². The van der Waals surface area contributed by atoms with Gasteiger partial charge in [0, 0.05) is 26.3 Å². The van der Waals surface area contributed by atoms with Crippen molar-refractivity contribution < 1.29 is 14.3 Å². The lowest BCUT2D eigenvalue weighted by Gasteiger charge is -2.42. The van der Waals surface area contributed by atoms with Gasteiger partial charge in [-0.1, -0.05) is 0 Å². The lowest BCUT2D eigenvalue weighted by atomic mass is 9.80. The quantitative estimate of drug-likeness (QED) is 0.697. The maximum absolute atomic E-state index is 12.6. The third kappa shape index (κ3) is 2.50. The molecular formula is C13H20N2O3. The Kier molecular flexibility index (Phi) is 3.60. The zero-order valence-electron chi connectivity index (χ0n) is 11.1. The van der Waals surface area contributed by atoms with Gasteiger partial charge in [0.15, 0.2) is 0 Å². The van der Waals surface area contributed by atoms with Gasteiger partial charge in [0.2, 0.25) is 5.91 Å². The van der Waals surface area contributed by atoms with E-state index in [1.54, 1.807) is 4.90 Å². The van der Waals surface area contributed by atoms with Crippen molar-refractivity contribution in [2.45, 2.75) is 32.3 Å². The zero-order chi connectivity index (χ0) is 13.2. The highest BCUT2D eigenvalue weighted by Crippen LogP contribution is 2.33. The molecule has 18 heavy (non-hydrogen) atoms. The van der Waals surface area contributed by atoms with E-state index in [9.17, 15) is 10.1 Å². The van der Waals surface area contributed by atoms with Crippen molar-refractivity contribution in [2.75, 3.05) is 32.9 Å². The lowest BCUT2D eigenvalue weighted by molar-refractivity contribution is -0.157. The van der Waals surface area contributed by atoms with Crippen LogP contribution < -0.4 is 0 Å². The number of rotatable bonds is 1. The summed E-state index contributed by atoms with van der Waals surface area (Å²) in [6.07, 6.45) is 1.00. The fraction of sp³-hybridized carbons (Fsp3) is 0.846. The molecule has 1 amide bonds. The molecule has 0 spiro atoms. The number of hydrogen-bond donors (Lipinski definition) is 0. The summed E-state index contributed by atoms with van der Waals surface area (Å²) in [5, 5.41) is 9.39. The van der Waals surface area contributed by atoms with Crippen molar-refractivity contribution in [1.29, 1.82) is 5.26 Å². The largest absolute Gasteiger partial charge is 0.381 e. The summed E-state index contributed by atoms with van der Waals surface area (Å²) in [4.78, 5) is 14.4. The van der Waals surface area contributed by atoms with Crippen molar-refractivity contribution in [3.05, 3.63) is 0 Å². The highest BCUT2D eigenvalue weighted by Gasteiger charge is 2.45. The molecule has 0 atom stereocenters. The SMILES string of the molecule is CC1(C)CN(C(=O)C2(C#N)CCOCC2)CCO1. The topological polar surface area (TPSA) is 62.6 Å². The predicted molar refractivity (Wildman–Crippen MR) is 64.7 cm³/mol. The molecule has 0 aromatic rings. The van der Waals surface area contributed by atoms with E-state index in [1.807, 2.05) is 13.8 Å². The first-order chi connectivity index (χ1) is 8.49. The van der Waals surface area contributed by atoms with E-state index in [-0.39, 0.29) is 11.5 Å². The van der Waals surface area contributed by atoms with Crippen molar-refractivity contribution in [2.24, 2.45) is 5.41 Å². The van der Waals surface area contributed by atoms with Crippen molar-refractivity contribution >= 4 is 5.91 Å². The van der Waals surface area contributed by atoms with E-state index in [0.717, 1.165) is 0 Å². The molecule has 0 bridgehead atoms. The average Bonchev–Trinajstić information content (AvgIpc) is 2.37. The molecule has 0 saturated carbocycles. The van der Waals surface area contributed by atoms with Gasteiger partial charge in [-0.15, -0.1) is 0 Å². The Bertz CT molecular complexity index is 367. The van der Waals surface area contributed by atoms with Crippen LogP contribution >= 0.6 is 0 Å². The molecule has 2 rings (SSSR count). The molecule has 2 heterocycles. The van der Waals surface area contributed by atoms with E-state index < -0.39 is 5.41 Å². The Morgan fingerprint density at radius 2 is 1.94 bits per heavy atom. The Morgan fingerprint density at radius 3 is 2.50 bits per heavy atom. The molecule has 2 saturated heterocycles. The van der Waals surface area contributed by atoms with Gasteiger partial charge < -0.3 is 14.4 Å². The van der Waals surface area contributed by atoms with Gasteiger partial charge in [0.25, 0.3) is 0 Å². The standard InChI is InChI=1S/C13H20N2O3/c1-12(2)10-15(5-8-18-12)11(16)13(9-14)3-6-17-7-4-13/h3-8,10H2,1-2H3. The highest BCUT2D eigenvalue weighted by atomic mass is 16.5. The molecular weight excluding hydrogens is 232 g/mol. The van der Waals surface area contributed by atoms with Gasteiger partial charge >= 0.3 is 0 Å². The summed E-state index contributed by atoms with van der Waals surface area (Å²) in [6, 6.07) is 2.23. The molecule has 2 fully saturated rings. The first-order valence-electron chi connectivity index (χ1n) is 6.41. The number of hydrogen-bond acceptors (Lipinski definition) is 4. The monoisotopic (exact) mass is 252 g/mol. The molecule has 0 aromatic heterocycles. The van der Waals surface area contributed by atoms with E-state index in [1.165, 1.54) is 0 Å². The number of carbonyl (C=O) groups excluding carboxylic acids is 1. The van der Waals surface area contributed by atoms with E-state index in [4.69, 9.17) is 9.47 Å². The van der Waals surface area contributed by atoms with Crippen LogP contribution in [0.1, 0.15) is 26.7 Å². The van der Waals surface area contributed by atoms with Crippen LogP contribution in [0.2, 0.25) is 0 Å². The van der Waals surface area contributed by atoms with Gasteiger partial charge in [-0.05, 0) is 26.7 Å². The molecule has 0 unspecified atom stereocenters. The van der Waals surface area contributed by atoms with Crippen LogP contribution in [0.15, 0.2) is 0 Å². The van der Waals surface area contributed by atoms with E-state index in [2.05, 4.69) is 6.07 Å². The fourth-order valence-electron chi connectivity index (χ4n) is 2.59. The minimum absolute atomic E-state index is 0.0512. The van der Waals surface area contributed by atoms with Crippen LogP contribution in [0, 0.1) is 16.7 Å². The van der Waals surface area contributed by atoms with E-state index in [0.29, 0.717) is 45.8 Å². The summed E-state index contributed by atoms with van der Waals surface area (Å²) in [5.74, 6) is -0.0512. The molecule has 0 radical (unpaired) electrons. The van der Waals surface area contributed by atoms with Crippen LogP contribution in [-0.2, 0) is 14.3 Å². The van der Waals surface area contributed by atoms with Crippen LogP contribution in [-0.4, -0.2) is 49.3 Å². The number of nitrogens with zero attached hydrogens (tertiary/aromatic N) is 2. The zero-order valence-corrected chi connectivity index (χ0v) is 11.1. The number of nitriles is 1. The van der Waals surface area contributed by atoms with Crippen molar-refractivity contribution in [1.82, 2.24) is 4.90 Å². The normalized spacial score (nSPS) is 26.4. The third-order valence-corrected chi connectivity index (χ3v) is 3.68. The average molecular weight is 252 g/mol. The van der Waals surface area contributed by atoms with Crippen molar-refractivity contribution in [3.63, 3.8) is 0 Å². The minimum Gasteiger partial charge on any atom is -0.381 e. The fourth-order valence-corrected chi connectivity index (χ4v) is 2.59. The molecule has 5 heteroatoms. The summed E-state index contributed by atoms with van der Waals surface area (Å²) < 4.78 is 10.9. The second-order valence-corrected chi connectivity index (χ2v) is 5.64. The first-order valence-corrected chi connectivity index (χ1v) is 6.41. The number of morpholine rings is 1. The van der Waals surface area contributed by atoms with Gasteiger partial charge in [-0.3, -0.25) is 4.79 Å². The molecule has 2 aliphatic rings. The van der Waals surface area contributed by atoms with Crippen LogP contribution in [0.25, 0.3) is 0 Å². The molecule has 5 nitrogen and oxygen atoms in total. The third-order valence-electron chi connectivity index (χ3n) is 3.68. The summed E-state index contributed by atoms with van der Waals surface area (Å²) in [7, 11) is 0. The van der Waals surface area contributed by atoms with Gasteiger partial charge in [-0.2, -0.15) is 5.26 Å². The Morgan fingerprint density at radius 1 is 1.28 bits per heavy atom. The Labute approximate surface area is 108 Å². The predicted octanol–water partition coefficient (Wildman–Crippen LogP) is 0.944. The maximum atomic E-state index is 12.6. The number of ether oxygens (including phenoxy) is 2. The molecule has 0 aliphatic carbocycles. The van der Waals surface area contributed by atoms with Gasteiger partial charge in [-0.25, -0.2) is 0 Å². The second kappa shape index (κ2) is 4.87. The van der Waals surface area contributed by atoms with Gasteiger partial charge in [0.1, 0.15) is 5.41 Å². The van der Waals surface area contributed by atoms with E-state index >= 15 is 0 Å². The molecule has 100 valence electrons. The van der Waals surface area contributed by atoms with Crippen molar-refractivity contribution in [3.8, 4) is 6.07 Å². The smallest absolute Gasteiger partial charge is 0.243 e. The maximum Gasteiger partial charge on any atom is 0.243 e. The molecule has 0 N–H and O–H groups in total. The highest BCUT2D eigenvalue weighted by molar-refractivity contribution is 5.85. The minimum atomic E-state index is -0.883. The number of amides is 1. The molecule has 0 aromatic carbocycles. The van der Waals surface area contributed by atoms with Crippen LogP contribution in [0.4, 0.5) is 0 Å². The first kappa shape index (κ1) is 13.3. The Hall–Kier alpha value is -1.12. The summed E-state index contributed by atoms with van der Waals surface area (Å²) in [6.45, 7) is 6.59. The second-order valence-electron chi connectivity index (χ2n) is 5.64. The lowest BCUT2D eigenvalue weighted by Crippen LogP contribution is -2.55. The molecule has 2 aliphatic heterocycles. The van der Waals surface area contributed by atoms with Gasteiger partial charge in [0.05, 0.1) is 18.3 Å². The number of carbonyl (C=O) groups is 1.